The monoisotopic (exact) mass is 433 g/mol. The molecule has 3 rings (SSSR count). The first-order valence-corrected chi connectivity index (χ1v) is 9.96. The van der Waals surface area contributed by atoms with E-state index in [1.807, 2.05) is 0 Å². The first kappa shape index (κ1) is 21.7. The van der Waals surface area contributed by atoms with Gasteiger partial charge in [-0.15, -0.1) is 0 Å². The van der Waals surface area contributed by atoms with E-state index < -0.39 is 0 Å². The molecule has 1 aromatic heterocycles. The van der Waals surface area contributed by atoms with Gasteiger partial charge < -0.3 is 24.3 Å². The van der Waals surface area contributed by atoms with Gasteiger partial charge in [0, 0.05) is 31.1 Å². The summed E-state index contributed by atoms with van der Waals surface area (Å²) in [5.74, 6) is -0.302. The van der Waals surface area contributed by atoms with Crippen molar-refractivity contribution in [3.63, 3.8) is 0 Å². The highest BCUT2D eigenvalue weighted by Crippen LogP contribution is 2.27. The maximum atomic E-state index is 12.8. The minimum absolute atomic E-state index is 0.0946. The van der Waals surface area contributed by atoms with Crippen molar-refractivity contribution >= 4 is 35.0 Å². The van der Waals surface area contributed by atoms with Crippen LogP contribution in [0.3, 0.4) is 0 Å². The zero-order chi connectivity index (χ0) is 21.7. The fourth-order valence-electron chi connectivity index (χ4n) is 3.47. The fourth-order valence-corrected chi connectivity index (χ4v) is 3.64. The van der Waals surface area contributed by atoms with E-state index in [9.17, 15) is 14.4 Å². The molecule has 2 heterocycles. The van der Waals surface area contributed by atoms with Crippen LogP contribution in [0, 0.1) is 5.92 Å². The predicted molar refractivity (Wildman–Crippen MR) is 112 cm³/mol. The van der Waals surface area contributed by atoms with Gasteiger partial charge in [-0.2, -0.15) is 0 Å². The number of likely N-dealkylation sites (N-methyl/N-ethyl adjacent to an activating group) is 1. The Morgan fingerprint density at radius 3 is 2.63 bits per heavy atom. The van der Waals surface area contributed by atoms with Crippen molar-refractivity contribution in [2.24, 2.45) is 5.92 Å². The molecule has 1 N–H and O–H groups in total. The summed E-state index contributed by atoms with van der Waals surface area (Å²) in [6.07, 6.45) is 3.98. The second kappa shape index (κ2) is 9.67. The third kappa shape index (κ3) is 5.13. The lowest BCUT2D eigenvalue weighted by molar-refractivity contribution is -0.138. The third-order valence-corrected chi connectivity index (χ3v) is 5.33. The van der Waals surface area contributed by atoms with Crippen LogP contribution < -0.4 is 10.1 Å². The van der Waals surface area contributed by atoms with E-state index in [2.05, 4.69) is 5.32 Å². The normalized spacial score (nSPS) is 14.3. The molecule has 0 unspecified atom stereocenters. The predicted octanol–water partition coefficient (Wildman–Crippen LogP) is 2.89. The number of piperidine rings is 1. The van der Waals surface area contributed by atoms with Gasteiger partial charge in [-0.05, 0) is 37.1 Å². The minimum atomic E-state index is -0.348. The minimum Gasteiger partial charge on any atom is -0.495 e. The van der Waals surface area contributed by atoms with E-state index in [0.717, 1.165) is 0 Å². The highest BCUT2D eigenvalue weighted by atomic mass is 35.5. The highest BCUT2D eigenvalue weighted by Gasteiger charge is 2.30. The summed E-state index contributed by atoms with van der Waals surface area (Å²) in [7, 11) is 3.10. The van der Waals surface area contributed by atoms with Crippen molar-refractivity contribution < 1.29 is 23.5 Å². The molecular weight excluding hydrogens is 410 g/mol. The van der Waals surface area contributed by atoms with E-state index >= 15 is 0 Å². The van der Waals surface area contributed by atoms with Crippen LogP contribution in [-0.4, -0.2) is 61.3 Å². The number of likely N-dealkylation sites (tertiary alicyclic amines) is 1. The quantitative estimate of drug-likeness (QED) is 0.756. The van der Waals surface area contributed by atoms with Crippen LogP contribution in [0.5, 0.6) is 5.75 Å². The average Bonchev–Trinajstić information content (AvgIpc) is 3.28. The number of nitrogens with zero attached hydrogens (tertiary/aromatic N) is 2. The molecule has 0 saturated carbocycles. The standard InChI is InChI=1S/C21H24ClN3O5/c1-24(12-19(26)23-17-11-16(22)3-4-18(17)29-2)20(27)14-5-8-25(9-6-14)21(28)15-7-10-30-13-15/h3-4,7,10-11,13-14H,5-6,8-9,12H2,1-2H3,(H,23,26). The van der Waals surface area contributed by atoms with Gasteiger partial charge in [0.2, 0.25) is 11.8 Å². The Morgan fingerprint density at radius 1 is 1.27 bits per heavy atom. The molecule has 0 radical (unpaired) electrons. The van der Waals surface area contributed by atoms with Gasteiger partial charge in [0.25, 0.3) is 5.91 Å². The largest absolute Gasteiger partial charge is 0.495 e. The van der Waals surface area contributed by atoms with Gasteiger partial charge in [0.15, 0.2) is 0 Å². The molecule has 0 bridgehead atoms. The number of hydrogen-bond donors (Lipinski definition) is 1. The van der Waals surface area contributed by atoms with Gasteiger partial charge in [0.05, 0.1) is 31.2 Å². The third-order valence-electron chi connectivity index (χ3n) is 5.09. The molecule has 8 nitrogen and oxygen atoms in total. The summed E-state index contributed by atoms with van der Waals surface area (Å²) in [4.78, 5) is 40.6. The molecule has 2 aromatic rings. The summed E-state index contributed by atoms with van der Waals surface area (Å²) in [6, 6.07) is 6.54. The highest BCUT2D eigenvalue weighted by molar-refractivity contribution is 6.31. The van der Waals surface area contributed by atoms with Crippen LogP contribution >= 0.6 is 11.6 Å². The smallest absolute Gasteiger partial charge is 0.257 e. The molecule has 3 amide bonds. The number of halogens is 1. The first-order chi connectivity index (χ1) is 14.4. The topological polar surface area (TPSA) is 92.1 Å². The molecule has 0 aliphatic carbocycles. The Hall–Kier alpha value is -3.00. The lowest BCUT2D eigenvalue weighted by Gasteiger charge is -2.33. The number of benzene rings is 1. The molecular formula is C21H24ClN3O5. The van der Waals surface area contributed by atoms with Crippen LogP contribution in [0.25, 0.3) is 0 Å². The Morgan fingerprint density at radius 2 is 2.00 bits per heavy atom. The van der Waals surface area contributed by atoms with Crippen molar-refractivity contribution in [3.8, 4) is 5.75 Å². The maximum Gasteiger partial charge on any atom is 0.257 e. The van der Waals surface area contributed by atoms with Gasteiger partial charge in [-0.1, -0.05) is 11.6 Å². The number of methoxy groups -OCH3 is 1. The Balaban J connectivity index is 1.51. The molecule has 0 atom stereocenters. The molecule has 30 heavy (non-hydrogen) atoms. The summed E-state index contributed by atoms with van der Waals surface area (Å²) >= 11 is 5.98. The second-order valence-corrected chi connectivity index (χ2v) is 7.60. The van der Waals surface area contributed by atoms with E-state index in [0.29, 0.717) is 48.0 Å². The number of nitrogens with one attached hydrogen (secondary N) is 1. The fraction of sp³-hybridized carbons (Fsp3) is 0.381. The second-order valence-electron chi connectivity index (χ2n) is 7.17. The first-order valence-electron chi connectivity index (χ1n) is 9.59. The van der Waals surface area contributed by atoms with E-state index in [4.69, 9.17) is 20.8 Å². The molecule has 0 spiro atoms. The molecule has 9 heteroatoms. The molecule has 1 aliphatic heterocycles. The van der Waals surface area contributed by atoms with Gasteiger partial charge in [0.1, 0.15) is 12.0 Å². The molecule has 160 valence electrons. The number of hydrogen-bond acceptors (Lipinski definition) is 5. The molecule has 1 saturated heterocycles. The Labute approximate surface area is 179 Å². The van der Waals surface area contributed by atoms with Crippen molar-refractivity contribution in [2.45, 2.75) is 12.8 Å². The van der Waals surface area contributed by atoms with E-state index in [1.165, 1.54) is 24.5 Å². The van der Waals surface area contributed by atoms with Crippen molar-refractivity contribution in [3.05, 3.63) is 47.4 Å². The molecule has 1 aromatic carbocycles. The summed E-state index contributed by atoms with van der Waals surface area (Å²) in [6.45, 7) is 0.878. The summed E-state index contributed by atoms with van der Waals surface area (Å²) in [5.41, 5.74) is 0.951. The van der Waals surface area contributed by atoms with E-state index in [1.54, 1.807) is 36.2 Å². The van der Waals surface area contributed by atoms with Crippen molar-refractivity contribution in [1.29, 1.82) is 0 Å². The van der Waals surface area contributed by atoms with Crippen molar-refractivity contribution in [2.75, 3.05) is 39.1 Å². The zero-order valence-electron chi connectivity index (χ0n) is 16.9. The molecule has 1 aliphatic rings. The van der Waals surface area contributed by atoms with Crippen molar-refractivity contribution in [1.82, 2.24) is 9.80 Å². The Bertz CT molecular complexity index is 907. The lowest BCUT2D eigenvalue weighted by Crippen LogP contribution is -2.45. The number of anilines is 1. The van der Waals surface area contributed by atoms with Gasteiger partial charge >= 0.3 is 0 Å². The number of furan rings is 1. The van der Waals surface area contributed by atoms with Gasteiger partial charge in [-0.3, -0.25) is 14.4 Å². The number of rotatable bonds is 6. The lowest BCUT2D eigenvalue weighted by atomic mass is 9.95. The zero-order valence-corrected chi connectivity index (χ0v) is 17.6. The average molecular weight is 434 g/mol. The molecule has 1 fully saturated rings. The number of carbonyl (C=O) groups excluding carboxylic acids is 3. The van der Waals surface area contributed by atoms with Crippen LogP contribution in [0.1, 0.15) is 23.2 Å². The van der Waals surface area contributed by atoms with Crippen LogP contribution in [0.2, 0.25) is 5.02 Å². The summed E-state index contributed by atoms with van der Waals surface area (Å²) < 4.78 is 10.2. The Kier molecular flexibility index (Phi) is 6.99. The number of ether oxygens (including phenoxy) is 1. The van der Waals surface area contributed by atoms with Gasteiger partial charge in [-0.25, -0.2) is 0 Å². The maximum absolute atomic E-state index is 12.8. The van der Waals surface area contributed by atoms with Crippen LogP contribution in [-0.2, 0) is 9.59 Å². The van der Waals surface area contributed by atoms with Crippen LogP contribution in [0.4, 0.5) is 5.69 Å². The van der Waals surface area contributed by atoms with E-state index in [-0.39, 0.29) is 30.2 Å². The number of carbonyl (C=O) groups is 3. The SMILES string of the molecule is COc1ccc(Cl)cc1NC(=O)CN(C)C(=O)C1CCN(C(=O)c2ccoc2)CC1. The summed E-state index contributed by atoms with van der Waals surface area (Å²) in [5, 5.41) is 3.19. The number of amides is 3. The van der Waals surface area contributed by atoms with Crippen LogP contribution in [0.15, 0.2) is 41.2 Å².